The van der Waals surface area contributed by atoms with E-state index in [2.05, 4.69) is 21.2 Å². The number of halogens is 1. The van der Waals surface area contributed by atoms with Gasteiger partial charge in [0.25, 0.3) is 0 Å². The van der Waals surface area contributed by atoms with Crippen molar-refractivity contribution in [2.45, 2.75) is 32.1 Å². The van der Waals surface area contributed by atoms with E-state index in [1.807, 2.05) is 24.3 Å². The SMILES string of the molecule is N#Cc1c(NC(=O)CN2CCN(c3ccccc3Cl)CC2)sc2c1CCCCC2. The van der Waals surface area contributed by atoms with Gasteiger partial charge in [-0.2, -0.15) is 5.26 Å². The van der Waals surface area contributed by atoms with Gasteiger partial charge in [-0.15, -0.1) is 11.3 Å². The number of para-hydroxylation sites is 1. The summed E-state index contributed by atoms with van der Waals surface area (Å²) in [6.45, 7) is 3.65. The Bertz CT molecular complexity index is 927. The van der Waals surface area contributed by atoms with E-state index >= 15 is 0 Å². The van der Waals surface area contributed by atoms with Crippen LogP contribution in [0.3, 0.4) is 0 Å². The van der Waals surface area contributed by atoms with Crippen molar-refractivity contribution in [1.82, 2.24) is 4.90 Å². The van der Waals surface area contributed by atoms with Gasteiger partial charge in [-0.3, -0.25) is 9.69 Å². The number of benzene rings is 1. The lowest BCUT2D eigenvalue weighted by Crippen LogP contribution is -2.48. The topological polar surface area (TPSA) is 59.4 Å². The number of amides is 1. The highest BCUT2D eigenvalue weighted by Crippen LogP contribution is 2.37. The number of rotatable bonds is 4. The van der Waals surface area contributed by atoms with E-state index in [0.717, 1.165) is 61.2 Å². The third-order valence-electron chi connectivity index (χ3n) is 5.72. The lowest BCUT2D eigenvalue weighted by atomic mass is 10.1. The number of thiophene rings is 1. The second kappa shape index (κ2) is 9.17. The molecule has 5 nitrogen and oxygen atoms in total. The third kappa shape index (κ3) is 4.58. The van der Waals surface area contributed by atoms with Crippen LogP contribution in [0.25, 0.3) is 0 Å². The largest absolute Gasteiger partial charge is 0.368 e. The molecule has 1 aromatic heterocycles. The number of piperazine rings is 1. The summed E-state index contributed by atoms with van der Waals surface area (Å²) in [5.74, 6) is -0.0379. The van der Waals surface area contributed by atoms with Gasteiger partial charge in [0.15, 0.2) is 0 Å². The fourth-order valence-electron chi connectivity index (χ4n) is 4.17. The summed E-state index contributed by atoms with van der Waals surface area (Å²) < 4.78 is 0. The van der Waals surface area contributed by atoms with Gasteiger partial charge in [0, 0.05) is 31.1 Å². The highest BCUT2D eigenvalue weighted by atomic mass is 35.5. The highest BCUT2D eigenvalue weighted by molar-refractivity contribution is 7.16. The van der Waals surface area contributed by atoms with Crippen molar-refractivity contribution < 1.29 is 4.79 Å². The minimum absolute atomic E-state index is 0.0379. The van der Waals surface area contributed by atoms with Crippen molar-refractivity contribution in [1.29, 1.82) is 5.26 Å². The maximum Gasteiger partial charge on any atom is 0.239 e. The van der Waals surface area contributed by atoms with Crippen molar-refractivity contribution in [3.05, 3.63) is 45.3 Å². The third-order valence-corrected chi connectivity index (χ3v) is 7.25. The molecule has 4 rings (SSSR count). The Morgan fingerprint density at radius 2 is 1.90 bits per heavy atom. The summed E-state index contributed by atoms with van der Waals surface area (Å²) in [4.78, 5) is 18.3. The van der Waals surface area contributed by atoms with E-state index in [9.17, 15) is 10.1 Å². The first kappa shape index (κ1) is 20.2. The van der Waals surface area contributed by atoms with Crippen molar-refractivity contribution >= 4 is 39.5 Å². The van der Waals surface area contributed by atoms with Gasteiger partial charge in [0.2, 0.25) is 5.91 Å². The van der Waals surface area contributed by atoms with Gasteiger partial charge < -0.3 is 10.2 Å². The van der Waals surface area contributed by atoms with Crippen LogP contribution in [-0.4, -0.2) is 43.5 Å². The first-order valence-electron chi connectivity index (χ1n) is 10.2. The molecule has 29 heavy (non-hydrogen) atoms. The van der Waals surface area contributed by atoms with Gasteiger partial charge >= 0.3 is 0 Å². The van der Waals surface area contributed by atoms with Crippen molar-refractivity contribution in [3.63, 3.8) is 0 Å². The molecule has 1 aromatic carbocycles. The molecule has 0 spiro atoms. The monoisotopic (exact) mass is 428 g/mol. The molecular formula is C22H25ClN4OS. The van der Waals surface area contributed by atoms with E-state index in [1.54, 1.807) is 11.3 Å². The number of carbonyl (C=O) groups excluding carboxylic acids is 1. The molecule has 1 N–H and O–H groups in total. The Labute approximate surface area is 180 Å². The number of aryl methyl sites for hydroxylation is 1. The molecule has 1 saturated heterocycles. The zero-order valence-electron chi connectivity index (χ0n) is 16.4. The van der Waals surface area contributed by atoms with Gasteiger partial charge in [-0.25, -0.2) is 0 Å². The molecule has 1 fully saturated rings. The van der Waals surface area contributed by atoms with Crippen LogP contribution >= 0.6 is 22.9 Å². The van der Waals surface area contributed by atoms with Crippen LogP contribution in [0.1, 0.15) is 35.3 Å². The number of nitriles is 1. The molecule has 7 heteroatoms. The minimum Gasteiger partial charge on any atom is -0.368 e. The van der Waals surface area contributed by atoms with E-state index in [4.69, 9.17) is 11.6 Å². The predicted octanol–water partition coefficient (Wildman–Crippen LogP) is 4.30. The number of fused-ring (bicyclic) bond motifs is 1. The smallest absolute Gasteiger partial charge is 0.239 e. The number of carbonyl (C=O) groups is 1. The Morgan fingerprint density at radius 3 is 2.66 bits per heavy atom. The van der Waals surface area contributed by atoms with E-state index < -0.39 is 0 Å². The molecule has 2 aromatic rings. The molecule has 1 aliphatic carbocycles. The molecule has 1 aliphatic heterocycles. The van der Waals surface area contributed by atoms with E-state index in [-0.39, 0.29) is 5.91 Å². The van der Waals surface area contributed by atoms with Crippen molar-refractivity contribution in [2.75, 3.05) is 42.9 Å². The van der Waals surface area contributed by atoms with Gasteiger partial charge in [-0.1, -0.05) is 30.2 Å². The second-order valence-electron chi connectivity index (χ2n) is 7.64. The molecular weight excluding hydrogens is 404 g/mol. The summed E-state index contributed by atoms with van der Waals surface area (Å²) in [5.41, 5.74) is 2.90. The fraction of sp³-hybridized carbons (Fsp3) is 0.455. The number of hydrogen-bond acceptors (Lipinski definition) is 5. The maximum atomic E-state index is 12.6. The highest BCUT2D eigenvalue weighted by Gasteiger charge is 2.23. The summed E-state index contributed by atoms with van der Waals surface area (Å²) in [7, 11) is 0. The molecule has 2 heterocycles. The zero-order chi connectivity index (χ0) is 20.2. The summed E-state index contributed by atoms with van der Waals surface area (Å²) in [5, 5.41) is 14.1. The fourth-order valence-corrected chi connectivity index (χ4v) is 5.68. The number of anilines is 2. The standard InChI is InChI=1S/C22H25ClN4OS/c23-18-7-4-5-8-19(18)27-12-10-26(11-13-27)15-21(28)25-22-17(14-24)16-6-2-1-3-9-20(16)29-22/h4-5,7-8H,1-3,6,9-13,15H2,(H,25,28). The molecule has 0 bridgehead atoms. The van der Waals surface area contributed by atoms with Crippen LogP contribution in [0.15, 0.2) is 24.3 Å². The Balaban J connectivity index is 1.34. The first-order valence-corrected chi connectivity index (χ1v) is 11.4. The number of nitrogens with one attached hydrogen (secondary N) is 1. The lowest BCUT2D eigenvalue weighted by Gasteiger charge is -2.36. The second-order valence-corrected chi connectivity index (χ2v) is 9.16. The molecule has 0 radical (unpaired) electrons. The normalized spacial score (nSPS) is 17.3. The van der Waals surface area contributed by atoms with Crippen molar-refractivity contribution in [2.24, 2.45) is 0 Å². The van der Waals surface area contributed by atoms with Gasteiger partial charge in [0.05, 0.1) is 22.8 Å². The molecule has 0 saturated carbocycles. The van der Waals surface area contributed by atoms with Crippen LogP contribution in [0.4, 0.5) is 10.7 Å². The minimum atomic E-state index is -0.0379. The van der Waals surface area contributed by atoms with E-state index in [0.29, 0.717) is 12.1 Å². The van der Waals surface area contributed by atoms with Crippen LogP contribution in [-0.2, 0) is 17.6 Å². The molecule has 1 amide bonds. The van der Waals surface area contributed by atoms with Gasteiger partial charge in [-0.05, 0) is 43.4 Å². The van der Waals surface area contributed by atoms with Crippen LogP contribution < -0.4 is 10.2 Å². The summed E-state index contributed by atoms with van der Waals surface area (Å²) >= 11 is 7.90. The maximum absolute atomic E-state index is 12.6. The summed E-state index contributed by atoms with van der Waals surface area (Å²) in [6.07, 6.45) is 5.49. The van der Waals surface area contributed by atoms with Crippen LogP contribution in [0.5, 0.6) is 0 Å². The van der Waals surface area contributed by atoms with Crippen LogP contribution in [0.2, 0.25) is 5.02 Å². The summed E-state index contributed by atoms with van der Waals surface area (Å²) in [6, 6.07) is 10.2. The Hall–Kier alpha value is -2.07. The van der Waals surface area contributed by atoms with Crippen molar-refractivity contribution in [3.8, 4) is 6.07 Å². The zero-order valence-corrected chi connectivity index (χ0v) is 18.0. The predicted molar refractivity (Wildman–Crippen MR) is 119 cm³/mol. The lowest BCUT2D eigenvalue weighted by molar-refractivity contribution is -0.117. The molecule has 152 valence electrons. The Kier molecular flexibility index (Phi) is 6.39. The quantitative estimate of drug-likeness (QED) is 0.737. The molecule has 0 atom stereocenters. The average Bonchev–Trinajstić information content (AvgIpc) is 2.88. The number of hydrogen-bond donors (Lipinski definition) is 1. The van der Waals surface area contributed by atoms with E-state index in [1.165, 1.54) is 23.3 Å². The number of nitrogens with zero attached hydrogens (tertiary/aromatic N) is 3. The Morgan fingerprint density at radius 1 is 1.14 bits per heavy atom. The molecule has 2 aliphatic rings. The average molecular weight is 429 g/mol. The molecule has 0 unspecified atom stereocenters. The van der Waals surface area contributed by atoms with Gasteiger partial charge in [0.1, 0.15) is 11.1 Å². The van der Waals surface area contributed by atoms with Crippen LogP contribution in [0, 0.1) is 11.3 Å². The first-order chi connectivity index (χ1) is 14.2.